The summed E-state index contributed by atoms with van der Waals surface area (Å²) >= 11 is 0. The van der Waals surface area contributed by atoms with E-state index in [0.717, 1.165) is 51.5 Å². The van der Waals surface area contributed by atoms with Gasteiger partial charge in [-0.05, 0) is 30.7 Å². The first-order chi connectivity index (χ1) is 11.3. The Morgan fingerprint density at radius 3 is 2.57 bits per heavy atom. The van der Waals surface area contributed by atoms with E-state index in [2.05, 4.69) is 47.9 Å². The van der Waals surface area contributed by atoms with Crippen LogP contribution in [0.15, 0.2) is 24.3 Å². The minimum atomic E-state index is 0.299. The van der Waals surface area contributed by atoms with Crippen LogP contribution in [0.1, 0.15) is 44.7 Å². The molecule has 1 aliphatic rings. The van der Waals surface area contributed by atoms with Gasteiger partial charge in [0.1, 0.15) is 5.75 Å². The lowest BCUT2D eigenvalue weighted by Crippen LogP contribution is -2.48. The van der Waals surface area contributed by atoms with Gasteiger partial charge in [-0.2, -0.15) is 0 Å². The quantitative estimate of drug-likeness (QED) is 0.711. The highest BCUT2D eigenvalue weighted by atomic mass is 16.5. The molecule has 1 aromatic carbocycles. The lowest BCUT2D eigenvalue weighted by Gasteiger charge is -2.38. The van der Waals surface area contributed by atoms with E-state index in [9.17, 15) is 0 Å². The van der Waals surface area contributed by atoms with Crippen molar-refractivity contribution >= 4 is 0 Å². The summed E-state index contributed by atoms with van der Waals surface area (Å²) < 4.78 is 5.90. The van der Waals surface area contributed by atoms with Crippen LogP contribution in [0, 0.1) is 0 Å². The van der Waals surface area contributed by atoms with E-state index in [1.54, 1.807) is 0 Å². The highest BCUT2D eigenvalue weighted by Crippen LogP contribution is 2.25. The Kier molecular flexibility index (Phi) is 7.86. The first-order valence-electron chi connectivity index (χ1n) is 9.17. The van der Waals surface area contributed by atoms with Gasteiger partial charge in [0, 0.05) is 38.8 Å². The van der Waals surface area contributed by atoms with Gasteiger partial charge in [0.25, 0.3) is 0 Å². The zero-order valence-corrected chi connectivity index (χ0v) is 14.8. The maximum Gasteiger partial charge on any atom is 0.119 e. The molecule has 2 rings (SSSR count). The van der Waals surface area contributed by atoms with Crippen molar-refractivity contribution in [3.63, 3.8) is 0 Å². The minimum Gasteiger partial charge on any atom is -0.494 e. The molecule has 0 spiro atoms. The SMILES string of the molecule is CCCCCOc1cccc(C(CN)N2CCN(CC)CC2)c1. The molecule has 1 atom stereocenters. The second-order valence-electron chi connectivity index (χ2n) is 6.35. The van der Waals surface area contributed by atoms with Crippen molar-refractivity contribution in [1.29, 1.82) is 0 Å². The molecule has 4 heteroatoms. The van der Waals surface area contributed by atoms with Crippen LogP contribution in [0.25, 0.3) is 0 Å². The molecule has 2 N–H and O–H groups in total. The molecule has 1 saturated heterocycles. The number of nitrogens with two attached hydrogens (primary N) is 1. The van der Waals surface area contributed by atoms with Gasteiger partial charge in [0.2, 0.25) is 0 Å². The van der Waals surface area contributed by atoms with Crippen LogP contribution in [0.4, 0.5) is 0 Å². The van der Waals surface area contributed by atoms with Crippen LogP contribution in [-0.4, -0.2) is 55.7 Å². The summed E-state index contributed by atoms with van der Waals surface area (Å²) in [5, 5.41) is 0. The molecule has 0 aliphatic carbocycles. The van der Waals surface area contributed by atoms with E-state index in [1.807, 2.05) is 0 Å². The normalized spacial score (nSPS) is 18.0. The Balaban J connectivity index is 1.95. The fourth-order valence-electron chi connectivity index (χ4n) is 3.24. The maximum absolute atomic E-state index is 6.10. The van der Waals surface area contributed by atoms with Crippen molar-refractivity contribution in [2.24, 2.45) is 5.73 Å². The van der Waals surface area contributed by atoms with Crippen LogP contribution < -0.4 is 10.5 Å². The molecule has 0 radical (unpaired) electrons. The van der Waals surface area contributed by atoms with E-state index in [0.29, 0.717) is 12.6 Å². The third kappa shape index (κ3) is 5.48. The Labute approximate surface area is 141 Å². The number of likely N-dealkylation sites (N-methyl/N-ethyl adjacent to an activating group) is 1. The number of benzene rings is 1. The molecule has 0 bridgehead atoms. The van der Waals surface area contributed by atoms with Gasteiger partial charge in [0.15, 0.2) is 0 Å². The van der Waals surface area contributed by atoms with Crippen molar-refractivity contribution in [2.45, 2.75) is 39.2 Å². The summed E-state index contributed by atoms with van der Waals surface area (Å²) in [4.78, 5) is 5.01. The molecular formula is C19H33N3O. The lowest BCUT2D eigenvalue weighted by atomic mass is 10.0. The topological polar surface area (TPSA) is 41.7 Å². The van der Waals surface area contributed by atoms with Gasteiger partial charge in [-0.25, -0.2) is 0 Å². The summed E-state index contributed by atoms with van der Waals surface area (Å²) in [6.45, 7) is 11.5. The zero-order valence-electron chi connectivity index (χ0n) is 14.8. The highest BCUT2D eigenvalue weighted by molar-refractivity contribution is 5.31. The average Bonchev–Trinajstić information content (AvgIpc) is 2.60. The number of ether oxygens (including phenoxy) is 1. The van der Waals surface area contributed by atoms with Crippen LogP contribution in [-0.2, 0) is 0 Å². The standard InChI is InChI=1S/C19H33N3O/c1-3-5-6-14-23-18-9-7-8-17(15-18)19(16-20)22-12-10-21(4-2)11-13-22/h7-9,15,19H,3-6,10-14,16,20H2,1-2H3. The lowest BCUT2D eigenvalue weighted by molar-refractivity contribution is 0.102. The van der Waals surface area contributed by atoms with Crippen molar-refractivity contribution in [3.05, 3.63) is 29.8 Å². The smallest absolute Gasteiger partial charge is 0.119 e. The molecule has 4 nitrogen and oxygen atoms in total. The predicted octanol–water partition coefficient (Wildman–Crippen LogP) is 2.89. The Morgan fingerprint density at radius 1 is 1.13 bits per heavy atom. The fourth-order valence-corrected chi connectivity index (χ4v) is 3.24. The van der Waals surface area contributed by atoms with E-state index in [-0.39, 0.29) is 0 Å². The van der Waals surface area contributed by atoms with Crippen molar-refractivity contribution in [1.82, 2.24) is 9.80 Å². The maximum atomic E-state index is 6.10. The molecule has 1 aliphatic heterocycles. The zero-order chi connectivity index (χ0) is 16.5. The van der Waals surface area contributed by atoms with E-state index in [1.165, 1.54) is 18.4 Å². The molecule has 1 unspecified atom stereocenters. The average molecular weight is 319 g/mol. The molecule has 1 aromatic rings. The van der Waals surface area contributed by atoms with Gasteiger partial charge in [-0.15, -0.1) is 0 Å². The number of hydrogen-bond acceptors (Lipinski definition) is 4. The minimum absolute atomic E-state index is 0.299. The van der Waals surface area contributed by atoms with Crippen molar-refractivity contribution in [2.75, 3.05) is 45.9 Å². The highest BCUT2D eigenvalue weighted by Gasteiger charge is 2.23. The largest absolute Gasteiger partial charge is 0.494 e. The summed E-state index contributed by atoms with van der Waals surface area (Å²) in [5.74, 6) is 0.976. The third-order valence-corrected chi connectivity index (χ3v) is 4.78. The second-order valence-corrected chi connectivity index (χ2v) is 6.35. The summed E-state index contributed by atoms with van der Waals surface area (Å²) in [6, 6.07) is 8.80. The van der Waals surface area contributed by atoms with Gasteiger partial charge in [-0.3, -0.25) is 4.90 Å². The number of nitrogens with zero attached hydrogens (tertiary/aromatic N) is 2. The summed E-state index contributed by atoms with van der Waals surface area (Å²) in [5.41, 5.74) is 7.38. The number of unbranched alkanes of at least 4 members (excludes halogenated alkanes) is 2. The summed E-state index contributed by atoms with van der Waals surface area (Å²) in [6.07, 6.45) is 3.58. The van der Waals surface area contributed by atoms with Crippen LogP contribution in [0.2, 0.25) is 0 Å². The number of rotatable bonds is 9. The first kappa shape index (κ1) is 18.2. The Morgan fingerprint density at radius 2 is 1.91 bits per heavy atom. The van der Waals surface area contributed by atoms with Crippen LogP contribution >= 0.6 is 0 Å². The second kappa shape index (κ2) is 9.91. The molecule has 1 heterocycles. The Hall–Kier alpha value is -1.10. The van der Waals surface area contributed by atoms with Gasteiger partial charge < -0.3 is 15.4 Å². The number of piperazine rings is 1. The van der Waals surface area contributed by atoms with Crippen molar-refractivity contribution in [3.8, 4) is 5.75 Å². The van der Waals surface area contributed by atoms with Gasteiger partial charge in [-0.1, -0.05) is 38.8 Å². The first-order valence-corrected chi connectivity index (χ1v) is 9.17. The van der Waals surface area contributed by atoms with Crippen molar-refractivity contribution < 1.29 is 4.74 Å². The molecule has 0 amide bonds. The predicted molar refractivity (Wildman–Crippen MR) is 96.9 cm³/mol. The molecule has 1 fully saturated rings. The van der Waals surface area contributed by atoms with Gasteiger partial charge in [0.05, 0.1) is 6.61 Å². The molecular weight excluding hydrogens is 286 g/mol. The summed E-state index contributed by atoms with van der Waals surface area (Å²) in [7, 11) is 0. The molecule has 0 aromatic heterocycles. The van der Waals surface area contributed by atoms with E-state index >= 15 is 0 Å². The van der Waals surface area contributed by atoms with Crippen LogP contribution in [0.5, 0.6) is 5.75 Å². The van der Waals surface area contributed by atoms with E-state index < -0.39 is 0 Å². The Bertz CT molecular complexity index is 444. The monoisotopic (exact) mass is 319 g/mol. The fraction of sp³-hybridized carbons (Fsp3) is 0.684. The molecule has 0 saturated carbocycles. The van der Waals surface area contributed by atoms with Gasteiger partial charge >= 0.3 is 0 Å². The van der Waals surface area contributed by atoms with E-state index in [4.69, 9.17) is 10.5 Å². The molecule has 130 valence electrons. The molecule has 23 heavy (non-hydrogen) atoms. The third-order valence-electron chi connectivity index (χ3n) is 4.78. The number of hydrogen-bond donors (Lipinski definition) is 1. The van der Waals surface area contributed by atoms with Crippen LogP contribution in [0.3, 0.4) is 0 Å².